The SMILES string of the molecule is NC(Cc1ccc(F)cc1)Cc1ccc(F)cc1Cl. The second-order valence-electron chi connectivity index (χ2n) is 4.53. The van der Waals surface area contributed by atoms with E-state index >= 15 is 0 Å². The van der Waals surface area contributed by atoms with Crippen molar-refractivity contribution in [1.82, 2.24) is 0 Å². The van der Waals surface area contributed by atoms with Crippen LogP contribution < -0.4 is 5.73 Å². The average Bonchev–Trinajstić information content (AvgIpc) is 2.36. The Morgan fingerprint density at radius 3 is 2.21 bits per heavy atom. The Labute approximate surface area is 116 Å². The lowest BCUT2D eigenvalue weighted by Gasteiger charge is -2.13. The van der Waals surface area contributed by atoms with Gasteiger partial charge >= 0.3 is 0 Å². The molecule has 0 amide bonds. The van der Waals surface area contributed by atoms with Crippen molar-refractivity contribution in [3.05, 3.63) is 70.2 Å². The van der Waals surface area contributed by atoms with Crippen molar-refractivity contribution in [3.63, 3.8) is 0 Å². The molecular weight excluding hydrogens is 268 g/mol. The molecular formula is C15H14ClF2N. The first-order chi connectivity index (χ1) is 9.04. The molecule has 1 unspecified atom stereocenters. The summed E-state index contributed by atoms with van der Waals surface area (Å²) in [6.07, 6.45) is 1.17. The summed E-state index contributed by atoms with van der Waals surface area (Å²) < 4.78 is 25.7. The monoisotopic (exact) mass is 281 g/mol. The van der Waals surface area contributed by atoms with Crippen LogP contribution in [0.25, 0.3) is 0 Å². The molecule has 2 N–H and O–H groups in total. The van der Waals surface area contributed by atoms with Crippen LogP contribution in [0.4, 0.5) is 8.78 Å². The molecule has 19 heavy (non-hydrogen) atoms. The van der Waals surface area contributed by atoms with Crippen LogP contribution in [-0.4, -0.2) is 6.04 Å². The van der Waals surface area contributed by atoms with E-state index in [0.717, 1.165) is 11.1 Å². The summed E-state index contributed by atoms with van der Waals surface area (Å²) in [5.41, 5.74) is 7.82. The van der Waals surface area contributed by atoms with Crippen molar-refractivity contribution in [3.8, 4) is 0 Å². The van der Waals surface area contributed by atoms with Crippen LogP contribution in [-0.2, 0) is 12.8 Å². The first-order valence-electron chi connectivity index (χ1n) is 5.98. The second-order valence-corrected chi connectivity index (χ2v) is 4.94. The fourth-order valence-electron chi connectivity index (χ4n) is 1.97. The molecule has 2 aromatic carbocycles. The Morgan fingerprint density at radius 1 is 0.947 bits per heavy atom. The van der Waals surface area contributed by atoms with E-state index in [0.29, 0.717) is 17.9 Å². The zero-order valence-electron chi connectivity index (χ0n) is 10.2. The molecule has 2 aromatic rings. The number of halogens is 3. The lowest BCUT2D eigenvalue weighted by Crippen LogP contribution is -2.25. The van der Waals surface area contributed by atoms with E-state index in [1.807, 2.05) is 0 Å². The van der Waals surface area contributed by atoms with Crippen LogP contribution in [0.2, 0.25) is 5.02 Å². The minimum Gasteiger partial charge on any atom is -0.327 e. The van der Waals surface area contributed by atoms with Gasteiger partial charge in [-0.15, -0.1) is 0 Å². The third kappa shape index (κ3) is 4.01. The van der Waals surface area contributed by atoms with Crippen molar-refractivity contribution in [2.24, 2.45) is 5.73 Å². The fraction of sp³-hybridized carbons (Fsp3) is 0.200. The van der Waals surface area contributed by atoms with Crippen molar-refractivity contribution in [2.45, 2.75) is 18.9 Å². The summed E-state index contributed by atoms with van der Waals surface area (Å²) in [6.45, 7) is 0. The maximum atomic E-state index is 12.9. The predicted molar refractivity (Wildman–Crippen MR) is 73.2 cm³/mol. The van der Waals surface area contributed by atoms with Crippen LogP contribution >= 0.6 is 11.6 Å². The van der Waals surface area contributed by atoms with Crippen molar-refractivity contribution in [1.29, 1.82) is 0 Å². The number of hydrogen-bond donors (Lipinski definition) is 1. The highest BCUT2D eigenvalue weighted by Crippen LogP contribution is 2.19. The largest absolute Gasteiger partial charge is 0.327 e. The molecule has 1 nitrogen and oxygen atoms in total. The third-order valence-electron chi connectivity index (χ3n) is 2.91. The van der Waals surface area contributed by atoms with E-state index < -0.39 is 0 Å². The van der Waals surface area contributed by atoms with Gasteiger partial charge in [-0.05, 0) is 48.2 Å². The van der Waals surface area contributed by atoms with E-state index in [1.54, 1.807) is 18.2 Å². The minimum absolute atomic E-state index is 0.145. The molecule has 4 heteroatoms. The fourth-order valence-corrected chi connectivity index (χ4v) is 2.21. The summed E-state index contributed by atoms with van der Waals surface area (Å²) in [5.74, 6) is -0.625. The lowest BCUT2D eigenvalue weighted by atomic mass is 10.00. The van der Waals surface area contributed by atoms with Gasteiger partial charge in [0, 0.05) is 11.1 Å². The van der Waals surface area contributed by atoms with E-state index in [1.165, 1.54) is 24.3 Å². The van der Waals surface area contributed by atoms with Crippen molar-refractivity contribution >= 4 is 11.6 Å². The molecule has 0 aliphatic heterocycles. The van der Waals surface area contributed by atoms with Gasteiger partial charge in [0.05, 0.1) is 0 Å². The molecule has 0 spiro atoms. The number of benzene rings is 2. The van der Waals surface area contributed by atoms with Gasteiger partial charge in [-0.1, -0.05) is 29.8 Å². The molecule has 100 valence electrons. The highest BCUT2D eigenvalue weighted by molar-refractivity contribution is 6.31. The van der Waals surface area contributed by atoms with Crippen LogP contribution in [0, 0.1) is 11.6 Å². The van der Waals surface area contributed by atoms with Gasteiger partial charge in [-0.25, -0.2) is 8.78 Å². The van der Waals surface area contributed by atoms with Crippen molar-refractivity contribution < 1.29 is 8.78 Å². The van der Waals surface area contributed by atoms with Gasteiger partial charge < -0.3 is 5.73 Å². The Bertz CT molecular complexity index is 555. The third-order valence-corrected chi connectivity index (χ3v) is 3.26. The van der Waals surface area contributed by atoms with Gasteiger partial charge in [-0.2, -0.15) is 0 Å². The number of rotatable bonds is 4. The van der Waals surface area contributed by atoms with Gasteiger partial charge in [0.1, 0.15) is 11.6 Å². The predicted octanol–water partition coefficient (Wildman–Crippen LogP) is 3.73. The van der Waals surface area contributed by atoms with E-state index in [-0.39, 0.29) is 17.7 Å². The molecule has 2 rings (SSSR count). The van der Waals surface area contributed by atoms with E-state index in [4.69, 9.17) is 17.3 Å². The Balaban J connectivity index is 2.01. The van der Waals surface area contributed by atoms with Gasteiger partial charge in [0.25, 0.3) is 0 Å². The van der Waals surface area contributed by atoms with E-state index in [9.17, 15) is 8.78 Å². The molecule has 0 fully saturated rings. The van der Waals surface area contributed by atoms with Crippen LogP contribution in [0.3, 0.4) is 0 Å². The topological polar surface area (TPSA) is 26.0 Å². The summed E-state index contributed by atoms with van der Waals surface area (Å²) in [5, 5.41) is 0.384. The summed E-state index contributed by atoms with van der Waals surface area (Å²) in [6, 6.07) is 10.4. The molecule has 0 aliphatic rings. The molecule has 0 saturated carbocycles. The smallest absolute Gasteiger partial charge is 0.124 e. The lowest BCUT2D eigenvalue weighted by molar-refractivity contribution is 0.621. The number of hydrogen-bond acceptors (Lipinski definition) is 1. The van der Waals surface area contributed by atoms with Crippen LogP contribution in [0.15, 0.2) is 42.5 Å². The van der Waals surface area contributed by atoms with Crippen LogP contribution in [0.5, 0.6) is 0 Å². The van der Waals surface area contributed by atoms with Gasteiger partial charge in [-0.3, -0.25) is 0 Å². The maximum absolute atomic E-state index is 12.9. The molecule has 0 aromatic heterocycles. The normalized spacial score (nSPS) is 12.4. The van der Waals surface area contributed by atoms with Gasteiger partial charge in [0.15, 0.2) is 0 Å². The zero-order chi connectivity index (χ0) is 13.8. The van der Waals surface area contributed by atoms with Crippen molar-refractivity contribution in [2.75, 3.05) is 0 Å². The average molecular weight is 282 g/mol. The second kappa shape index (κ2) is 6.13. The Hall–Kier alpha value is -1.45. The zero-order valence-corrected chi connectivity index (χ0v) is 11.0. The Morgan fingerprint density at radius 2 is 1.58 bits per heavy atom. The standard InChI is InChI=1S/C15H14ClF2N/c16-15-9-13(18)6-3-11(15)8-14(19)7-10-1-4-12(17)5-2-10/h1-6,9,14H,7-8,19H2. The number of nitrogens with two attached hydrogens (primary N) is 1. The quantitative estimate of drug-likeness (QED) is 0.908. The van der Waals surface area contributed by atoms with Gasteiger partial charge in [0.2, 0.25) is 0 Å². The first kappa shape index (κ1) is 14.0. The molecule has 0 aliphatic carbocycles. The summed E-state index contributed by atoms with van der Waals surface area (Å²) >= 11 is 5.95. The highest BCUT2D eigenvalue weighted by Gasteiger charge is 2.09. The highest BCUT2D eigenvalue weighted by atomic mass is 35.5. The van der Waals surface area contributed by atoms with Crippen LogP contribution in [0.1, 0.15) is 11.1 Å². The maximum Gasteiger partial charge on any atom is 0.124 e. The molecule has 0 bridgehead atoms. The minimum atomic E-state index is -0.360. The molecule has 1 atom stereocenters. The molecule has 0 saturated heterocycles. The molecule has 0 radical (unpaired) electrons. The van der Waals surface area contributed by atoms with E-state index in [2.05, 4.69) is 0 Å². The summed E-state index contributed by atoms with van der Waals surface area (Å²) in [4.78, 5) is 0. The Kier molecular flexibility index (Phi) is 4.51. The molecule has 0 heterocycles. The first-order valence-corrected chi connectivity index (χ1v) is 6.36. The summed E-state index contributed by atoms with van der Waals surface area (Å²) in [7, 11) is 0.